The molecule has 18 heavy (non-hydrogen) atoms. The molecular formula is C14H15N3S. The van der Waals surface area contributed by atoms with Crippen LogP contribution in [0.3, 0.4) is 0 Å². The van der Waals surface area contributed by atoms with Gasteiger partial charge in [0.1, 0.15) is 10.1 Å². The van der Waals surface area contributed by atoms with Gasteiger partial charge in [0.2, 0.25) is 0 Å². The number of nitrogens with zero attached hydrogens (tertiary/aromatic N) is 3. The van der Waals surface area contributed by atoms with Crippen LogP contribution in [0.25, 0.3) is 0 Å². The van der Waals surface area contributed by atoms with Crippen LogP contribution in [0, 0.1) is 18.3 Å². The van der Waals surface area contributed by atoms with Crippen LogP contribution in [0.5, 0.6) is 0 Å². The van der Waals surface area contributed by atoms with E-state index in [1.54, 1.807) is 0 Å². The predicted octanol–water partition coefficient (Wildman–Crippen LogP) is 3.84. The van der Waals surface area contributed by atoms with Gasteiger partial charge in [-0.25, -0.2) is 9.98 Å². The summed E-state index contributed by atoms with van der Waals surface area (Å²) in [4.78, 5) is 9.09. The van der Waals surface area contributed by atoms with Crippen LogP contribution in [-0.2, 0) is 0 Å². The number of aryl methyl sites for hydroxylation is 1. The fourth-order valence-electron chi connectivity index (χ4n) is 1.80. The lowest BCUT2D eigenvalue weighted by Crippen LogP contribution is -2.09. The van der Waals surface area contributed by atoms with E-state index in [1.807, 2.05) is 19.1 Å². The van der Waals surface area contributed by atoms with Gasteiger partial charge < -0.3 is 0 Å². The summed E-state index contributed by atoms with van der Waals surface area (Å²) in [5.74, 6) is 0. The summed E-state index contributed by atoms with van der Waals surface area (Å²) >= 11 is 1.47. The highest BCUT2D eigenvalue weighted by Crippen LogP contribution is 2.35. The standard InChI is InChI=1S/C14H15N3S/c1-3-4-5-12-11-7-6-10(2)16-14(11)18-13(17-12)8-9-15/h6-8H,3-5H2,1-2H3/b13-8-. The largest absolute Gasteiger partial charge is 0.246 e. The number of aliphatic imine (C=N–C) groups is 1. The highest BCUT2D eigenvalue weighted by atomic mass is 32.2. The molecule has 0 spiro atoms. The topological polar surface area (TPSA) is 49.0 Å². The first-order valence-corrected chi connectivity index (χ1v) is 6.89. The summed E-state index contributed by atoms with van der Waals surface area (Å²) in [5.41, 5.74) is 3.17. The fourth-order valence-corrected chi connectivity index (χ4v) is 2.75. The van der Waals surface area contributed by atoms with Gasteiger partial charge in [-0.05, 0) is 43.7 Å². The Balaban J connectivity index is 2.41. The van der Waals surface area contributed by atoms with Crippen molar-refractivity contribution in [3.63, 3.8) is 0 Å². The minimum atomic E-state index is 0.745. The number of hydrogen-bond donors (Lipinski definition) is 0. The quantitative estimate of drug-likeness (QED) is 0.773. The first-order chi connectivity index (χ1) is 8.74. The van der Waals surface area contributed by atoms with Gasteiger partial charge in [-0.15, -0.1) is 0 Å². The lowest BCUT2D eigenvalue weighted by molar-refractivity contribution is 0.832. The number of aromatic nitrogens is 1. The molecule has 1 aromatic heterocycles. The maximum Gasteiger partial charge on any atom is 0.113 e. The van der Waals surface area contributed by atoms with E-state index in [4.69, 9.17) is 5.26 Å². The van der Waals surface area contributed by atoms with E-state index >= 15 is 0 Å². The summed E-state index contributed by atoms with van der Waals surface area (Å²) in [6.07, 6.45) is 4.68. The Morgan fingerprint density at radius 1 is 1.44 bits per heavy atom. The highest BCUT2D eigenvalue weighted by molar-refractivity contribution is 8.03. The second-order valence-electron chi connectivity index (χ2n) is 4.18. The van der Waals surface area contributed by atoms with Crippen molar-refractivity contribution >= 4 is 17.5 Å². The van der Waals surface area contributed by atoms with Crippen molar-refractivity contribution in [2.24, 2.45) is 4.99 Å². The first-order valence-electron chi connectivity index (χ1n) is 6.07. The molecule has 92 valence electrons. The van der Waals surface area contributed by atoms with Crippen molar-refractivity contribution in [2.45, 2.75) is 38.1 Å². The van der Waals surface area contributed by atoms with Crippen LogP contribution in [-0.4, -0.2) is 10.7 Å². The number of allylic oxidation sites excluding steroid dienone is 1. The van der Waals surface area contributed by atoms with E-state index in [2.05, 4.69) is 23.0 Å². The van der Waals surface area contributed by atoms with E-state index < -0.39 is 0 Å². The number of pyridine rings is 1. The molecule has 0 radical (unpaired) electrons. The second kappa shape index (κ2) is 5.83. The fraction of sp³-hybridized carbons (Fsp3) is 0.357. The van der Waals surface area contributed by atoms with Crippen LogP contribution in [0.15, 0.2) is 33.3 Å². The normalized spacial score (nSPS) is 16.1. The van der Waals surface area contributed by atoms with Crippen molar-refractivity contribution in [2.75, 3.05) is 0 Å². The van der Waals surface area contributed by atoms with Crippen molar-refractivity contribution in [3.8, 4) is 6.07 Å². The maximum atomic E-state index is 8.75. The first kappa shape index (κ1) is 12.8. The van der Waals surface area contributed by atoms with Gasteiger partial charge in [0, 0.05) is 17.3 Å². The van der Waals surface area contributed by atoms with Gasteiger partial charge in [0.05, 0.1) is 11.8 Å². The van der Waals surface area contributed by atoms with Crippen LogP contribution in [0.1, 0.15) is 37.4 Å². The molecule has 0 aromatic carbocycles. The molecule has 1 aliphatic heterocycles. The van der Waals surface area contributed by atoms with Gasteiger partial charge >= 0.3 is 0 Å². The predicted molar refractivity (Wildman–Crippen MR) is 74.6 cm³/mol. The molecule has 0 aliphatic carbocycles. The summed E-state index contributed by atoms with van der Waals surface area (Å²) in [7, 11) is 0. The molecule has 0 atom stereocenters. The molecule has 0 saturated carbocycles. The summed E-state index contributed by atoms with van der Waals surface area (Å²) in [5, 5.41) is 10.5. The van der Waals surface area contributed by atoms with Gasteiger partial charge in [-0.3, -0.25) is 0 Å². The Morgan fingerprint density at radius 2 is 2.28 bits per heavy atom. The van der Waals surface area contributed by atoms with E-state index in [1.165, 1.54) is 17.8 Å². The molecular weight excluding hydrogens is 242 g/mol. The molecule has 0 fully saturated rings. The van der Waals surface area contributed by atoms with Crippen molar-refractivity contribution in [1.29, 1.82) is 5.26 Å². The molecule has 0 amide bonds. The number of nitriles is 1. The molecule has 0 bridgehead atoms. The Morgan fingerprint density at radius 3 is 3.00 bits per heavy atom. The SMILES string of the molecule is CCCCC1=N/C(=C/C#N)Sc2nc(C)ccc21. The number of fused-ring (bicyclic) bond motifs is 1. The molecule has 3 nitrogen and oxygen atoms in total. The van der Waals surface area contributed by atoms with E-state index in [9.17, 15) is 0 Å². The van der Waals surface area contributed by atoms with Crippen LogP contribution in [0.4, 0.5) is 0 Å². The zero-order valence-electron chi connectivity index (χ0n) is 10.6. The van der Waals surface area contributed by atoms with E-state index in [-0.39, 0.29) is 0 Å². The van der Waals surface area contributed by atoms with Gasteiger partial charge in [-0.1, -0.05) is 13.3 Å². The summed E-state index contributed by atoms with van der Waals surface area (Å²) in [6, 6.07) is 6.14. The average molecular weight is 257 g/mol. The second-order valence-corrected chi connectivity index (χ2v) is 5.19. The van der Waals surface area contributed by atoms with Crippen molar-refractivity contribution in [1.82, 2.24) is 4.98 Å². The van der Waals surface area contributed by atoms with Crippen molar-refractivity contribution in [3.05, 3.63) is 34.5 Å². The number of thioether (sulfide) groups is 1. The lowest BCUT2D eigenvalue weighted by Gasteiger charge is -2.17. The number of rotatable bonds is 3. The molecule has 1 aliphatic rings. The van der Waals surface area contributed by atoms with Crippen LogP contribution >= 0.6 is 11.8 Å². The summed E-state index contributed by atoms with van der Waals surface area (Å²) < 4.78 is 0. The monoisotopic (exact) mass is 257 g/mol. The third kappa shape index (κ3) is 2.80. The molecule has 0 N–H and O–H groups in total. The molecule has 0 unspecified atom stereocenters. The molecule has 1 aromatic rings. The number of hydrogen-bond acceptors (Lipinski definition) is 4. The average Bonchev–Trinajstić information content (AvgIpc) is 2.35. The minimum absolute atomic E-state index is 0.745. The van der Waals surface area contributed by atoms with Crippen LogP contribution < -0.4 is 0 Å². The third-order valence-corrected chi connectivity index (χ3v) is 3.63. The van der Waals surface area contributed by atoms with Gasteiger partial charge in [-0.2, -0.15) is 5.26 Å². The smallest absolute Gasteiger partial charge is 0.113 e. The summed E-state index contributed by atoms with van der Waals surface area (Å²) in [6.45, 7) is 4.14. The zero-order valence-corrected chi connectivity index (χ0v) is 11.4. The molecule has 4 heteroatoms. The number of unbranched alkanes of at least 4 members (excludes halogenated alkanes) is 1. The minimum Gasteiger partial charge on any atom is -0.246 e. The third-order valence-electron chi connectivity index (χ3n) is 2.71. The molecule has 2 heterocycles. The maximum absolute atomic E-state index is 8.75. The molecule has 2 rings (SSSR count). The Kier molecular flexibility index (Phi) is 4.16. The zero-order chi connectivity index (χ0) is 13.0. The lowest BCUT2D eigenvalue weighted by atomic mass is 10.1. The van der Waals surface area contributed by atoms with E-state index in [0.717, 1.165) is 46.3 Å². The Hall–Kier alpha value is -1.60. The Bertz CT molecular complexity index is 553. The van der Waals surface area contributed by atoms with Crippen LogP contribution in [0.2, 0.25) is 0 Å². The molecule has 0 saturated heterocycles. The van der Waals surface area contributed by atoms with E-state index in [0.29, 0.717) is 0 Å². The Labute approximate surface area is 112 Å². The van der Waals surface area contributed by atoms with Crippen molar-refractivity contribution < 1.29 is 0 Å². The van der Waals surface area contributed by atoms with Gasteiger partial charge in [0.25, 0.3) is 0 Å². The highest BCUT2D eigenvalue weighted by Gasteiger charge is 2.18. The van der Waals surface area contributed by atoms with Gasteiger partial charge in [0.15, 0.2) is 0 Å².